The molecule has 1 aliphatic rings. The molecule has 0 amide bonds. The van der Waals surface area contributed by atoms with Crippen molar-refractivity contribution < 1.29 is 13.5 Å². The van der Waals surface area contributed by atoms with Crippen molar-refractivity contribution in [3.05, 3.63) is 0 Å². The van der Waals surface area contributed by atoms with Crippen LogP contribution in [0.2, 0.25) is 0 Å². The van der Waals surface area contributed by atoms with E-state index in [1.165, 1.54) is 11.4 Å². The van der Waals surface area contributed by atoms with Gasteiger partial charge in [-0.15, -0.1) is 0 Å². The highest BCUT2D eigenvalue weighted by Crippen LogP contribution is 2.11. The molecule has 1 saturated heterocycles. The van der Waals surface area contributed by atoms with Crippen molar-refractivity contribution in [2.45, 2.75) is 19.1 Å². The van der Waals surface area contributed by atoms with Gasteiger partial charge in [-0.3, -0.25) is 0 Å². The summed E-state index contributed by atoms with van der Waals surface area (Å²) in [6.07, 6.45) is -0.591. The zero-order valence-electron chi connectivity index (χ0n) is 7.90. The summed E-state index contributed by atoms with van der Waals surface area (Å²) in [6.45, 7) is 2.59. The van der Waals surface area contributed by atoms with Crippen LogP contribution in [0, 0.1) is 0 Å². The van der Waals surface area contributed by atoms with E-state index in [9.17, 15) is 13.5 Å². The molecule has 1 aliphatic heterocycles. The Morgan fingerprint density at radius 2 is 2.15 bits per heavy atom. The van der Waals surface area contributed by atoms with Crippen molar-refractivity contribution in [2.24, 2.45) is 0 Å². The predicted octanol–water partition coefficient (Wildman–Crippen LogP) is -1.40. The summed E-state index contributed by atoms with van der Waals surface area (Å²) in [7, 11) is -1.67. The molecule has 13 heavy (non-hydrogen) atoms. The van der Waals surface area contributed by atoms with Crippen LogP contribution in [-0.2, 0) is 10.0 Å². The third kappa shape index (κ3) is 2.19. The zero-order valence-corrected chi connectivity index (χ0v) is 8.71. The van der Waals surface area contributed by atoms with Crippen molar-refractivity contribution in [1.29, 1.82) is 0 Å². The molecule has 2 N–H and O–H groups in total. The van der Waals surface area contributed by atoms with Crippen molar-refractivity contribution in [3.8, 4) is 0 Å². The third-order valence-corrected chi connectivity index (χ3v) is 4.30. The van der Waals surface area contributed by atoms with Crippen LogP contribution in [0.3, 0.4) is 0 Å². The van der Waals surface area contributed by atoms with Gasteiger partial charge in [-0.05, 0) is 6.92 Å². The lowest BCUT2D eigenvalue weighted by Gasteiger charge is -2.24. The molecule has 1 heterocycles. The Hall–Kier alpha value is -0.170. The largest absolute Gasteiger partial charge is 0.390 e. The van der Waals surface area contributed by atoms with Crippen LogP contribution in [-0.4, -0.2) is 55.9 Å². The molecule has 0 aromatic rings. The van der Waals surface area contributed by atoms with Gasteiger partial charge in [-0.25, -0.2) is 8.42 Å². The first-order chi connectivity index (χ1) is 5.99. The molecule has 0 spiro atoms. The first kappa shape index (κ1) is 10.9. The molecular weight excluding hydrogens is 192 g/mol. The van der Waals surface area contributed by atoms with Crippen molar-refractivity contribution in [3.63, 3.8) is 0 Å². The van der Waals surface area contributed by atoms with Gasteiger partial charge in [0.1, 0.15) is 0 Å². The predicted molar refractivity (Wildman–Crippen MR) is 49.9 cm³/mol. The topological polar surface area (TPSA) is 69.6 Å². The summed E-state index contributed by atoms with van der Waals surface area (Å²) in [5, 5.41) is 12.4. The highest BCUT2D eigenvalue weighted by Gasteiger charge is 2.33. The fourth-order valence-corrected chi connectivity index (χ4v) is 2.47. The summed E-state index contributed by atoms with van der Waals surface area (Å²) in [5.74, 6) is 0.0761. The molecule has 0 aromatic heterocycles. The number of nitrogens with zero attached hydrogens (tertiary/aromatic N) is 1. The van der Waals surface area contributed by atoms with Gasteiger partial charge in [0.05, 0.1) is 17.9 Å². The molecule has 6 heteroatoms. The number of hydrogen-bond donors (Lipinski definition) is 2. The number of β-amino-alcohol motifs (C(OH)–C–C–N with tert-alkyl or cyclic N) is 1. The second kappa shape index (κ2) is 3.91. The van der Waals surface area contributed by atoms with Crippen LogP contribution < -0.4 is 5.32 Å². The first-order valence-electron chi connectivity index (χ1n) is 4.33. The highest BCUT2D eigenvalue weighted by atomic mass is 32.2. The monoisotopic (exact) mass is 208 g/mol. The Morgan fingerprint density at radius 3 is 2.54 bits per heavy atom. The molecule has 0 aromatic carbocycles. The number of rotatable bonds is 3. The van der Waals surface area contributed by atoms with E-state index in [1.54, 1.807) is 6.92 Å². The van der Waals surface area contributed by atoms with E-state index in [1.807, 2.05) is 0 Å². The van der Waals surface area contributed by atoms with Crippen LogP contribution in [0.4, 0.5) is 0 Å². The van der Waals surface area contributed by atoms with Crippen LogP contribution in [0.1, 0.15) is 6.92 Å². The van der Waals surface area contributed by atoms with Gasteiger partial charge in [0.25, 0.3) is 0 Å². The number of sulfonamides is 1. The molecule has 1 rings (SSSR count). The summed E-state index contributed by atoms with van der Waals surface area (Å²) < 4.78 is 24.1. The molecule has 0 unspecified atom stereocenters. The van der Waals surface area contributed by atoms with Gasteiger partial charge < -0.3 is 10.4 Å². The summed E-state index contributed by atoms with van der Waals surface area (Å²) in [4.78, 5) is 0. The van der Waals surface area contributed by atoms with Crippen molar-refractivity contribution in [1.82, 2.24) is 9.62 Å². The Balaban J connectivity index is 2.72. The standard InChI is InChI=1S/C7H16N2O3S/c1-3-13(11,12)9(2)6-4-8-5-7(6)10/h6-8,10H,3-5H2,1-2H3/t6-,7-/m0/s1. The molecular formula is C7H16N2O3S. The van der Waals surface area contributed by atoms with E-state index < -0.39 is 16.1 Å². The maximum absolute atomic E-state index is 11.4. The number of hydrogen-bond acceptors (Lipinski definition) is 4. The molecule has 0 radical (unpaired) electrons. The number of likely N-dealkylation sites (N-methyl/N-ethyl adjacent to an activating group) is 1. The number of aliphatic hydroxyl groups is 1. The molecule has 5 nitrogen and oxygen atoms in total. The zero-order chi connectivity index (χ0) is 10.1. The average Bonchev–Trinajstić information content (AvgIpc) is 2.50. The maximum atomic E-state index is 11.4. The second-order valence-electron chi connectivity index (χ2n) is 3.21. The van der Waals surface area contributed by atoms with Crippen LogP contribution in [0.25, 0.3) is 0 Å². The van der Waals surface area contributed by atoms with Gasteiger partial charge in [0.15, 0.2) is 0 Å². The minimum Gasteiger partial charge on any atom is -0.390 e. The van der Waals surface area contributed by atoms with E-state index in [-0.39, 0.29) is 11.8 Å². The molecule has 0 bridgehead atoms. The normalized spacial score (nSPS) is 29.8. The molecule has 0 saturated carbocycles. The van der Waals surface area contributed by atoms with Crippen LogP contribution in [0.15, 0.2) is 0 Å². The lowest BCUT2D eigenvalue weighted by Crippen LogP contribution is -2.44. The fraction of sp³-hybridized carbons (Fsp3) is 1.00. The van der Waals surface area contributed by atoms with Crippen molar-refractivity contribution in [2.75, 3.05) is 25.9 Å². The Kier molecular flexibility index (Phi) is 3.28. The van der Waals surface area contributed by atoms with Gasteiger partial charge in [0.2, 0.25) is 10.0 Å². The van der Waals surface area contributed by atoms with Gasteiger partial charge in [0, 0.05) is 20.1 Å². The molecule has 78 valence electrons. The lowest BCUT2D eigenvalue weighted by molar-refractivity contribution is 0.136. The third-order valence-electron chi connectivity index (χ3n) is 2.42. The smallest absolute Gasteiger partial charge is 0.213 e. The first-order valence-corrected chi connectivity index (χ1v) is 5.94. The molecule has 2 atom stereocenters. The number of aliphatic hydroxyl groups excluding tert-OH is 1. The van der Waals surface area contributed by atoms with E-state index >= 15 is 0 Å². The molecule has 0 aliphatic carbocycles. The fourth-order valence-electron chi connectivity index (χ4n) is 1.43. The van der Waals surface area contributed by atoms with Gasteiger partial charge in [-0.1, -0.05) is 0 Å². The van der Waals surface area contributed by atoms with E-state index in [4.69, 9.17) is 0 Å². The maximum Gasteiger partial charge on any atom is 0.213 e. The number of nitrogens with one attached hydrogen (secondary N) is 1. The van der Waals surface area contributed by atoms with Crippen LogP contribution in [0.5, 0.6) is 0 Å². The highest BCUT2D eigenvalue weighted by molar-refractivity contribution is 7.89. The Morgan fingerprint density at radius 1 is 1.54 bits per heavy atom. The summed E-state index contributed by atoms with van der Waals surface area (Å²) >= 11 is 0. The van der Waals surface area contributed by atoms with Gasteiger partial charge in [-0.2, -0.15) is 4.31 Å². The van der Waals surface area contributed by atoms with E-state index in [0.29, 0.717) is 13.1 Å². The Bertz CT molecular complexity index is 265. The van der Waals surface area contributed by atoms with Gasteiger partial charge >= 0.3 is 0 Å². The minimum absolute atomic E-state index is 0.0761. The van der Waals surface area contributed by atoms with E-state index in [0.717, 1.165) is 0 Å². The summed E-state index contributed by atoms with van der Waals surface area (Å²) in [6, 6.07) is -0.315. The quantitative estimate of drug-likeness (QED) is 0.598. The van der Waals surface area contributed by atoms with Crippen LogP contribution >= 0.6 is 0 Å². The molecule has 1 fully saturated rings. The second-order valence-corrected chi connectivity index (χ2v) is 5.53. The minimum atomic E-state index is -3.18. The lowest BCUT2D eigenvalue weighted by atomic mass is 10.2. The Labute approximate surface area is 78.8 Å². The summed E-state index contributed by atoms with van der Waals surface area (Å²) in [5.41, 5.74) is 0. The van der Waals surface area contributed by atoms with E-state index in [2.05, 4.69) is 5.32 Å². The SMILES string of the molecule is CCS(=O)(=O)N(C)[C@H]1CNC[C@@H]1O. The van der Waals surface area contributed by atoms with Crippen molar-refractivity contribution >= 4 is 10.0 Å². The average molecular weight is 208 g/mol.